The monoisotopic (exact) mass is 410 g/mol. The summed E-state index contributed by atoms with van der Waals surface area (Å²) in [6.45, 7) is 1.70. The largest absolute Gasteiger partial charge is 0.494 e. The highest BCUT2D eigenvalue weighted by Gasteiger charge is 2.09. The Morgan fingerprint density at radius 1 is 1.25 bits per heavy atom. The third kappa shape index (κ3) is 6.51. The zero-order valence-corrected chi connectivity index (χ0v) is 15.8. The number of nitrogens with zero attached hydrogens (tertiary/aromatic N) is 1. The molecule has 1 N–H and O–H groups in total. The normalized spacial score (nSPS) is 10.7. The average molecular weight is 412 g/mol. The van der Waals surface area contributed by atoms with Gasteiger partial charge in [-0.2, -0.15) is 0 Å². The Morgan fingerprint density at radius 3 is 2.71 bits per heavy atom. The molecule has 1 amide bonds. The number of benzene rings is 2. The number of rotatable bonds is 8. The van der Waals surface area contributed by atoms with E-state index in [1.54, 1.807) is 12.1 Å². The molecule has 4 nitrogen and oxygen atoms in total. The highest BCUT2D eigenvalue weighted by atomic mass is 79.9. The van der Waals surface area contributed by atoms with Crippen molar-refractivity contribution in [3.63, 3.8) is 0 Å². The predicted molar refractivity (Wildman–Crippen MR) is 102 cm³/mol. The molecule has 0 saturated carbocycles. The lowest BCUT2D eigenvalue weighted by atomic mass is 10.3. The maximum absolute atomic E-state index is 12.1. The van der Waals surface area contributed by atoms with E-state index in [1.807, 2.05) is 48.3 Å². The summed E-state index contributed by atoms with van der Waals surface area (Å²) in [5, 5.41) is 3.33. The lowest BCUT2D eigenvalue weighted by molar-refractivity contribution is -0.117. The molecule has 0 aliphatic carbocycles. The molecule has 0 spiro atoms. The van der Waals surface area contributed by atoms with Crippen LogP contribution in [0.5, 0.6) is 5.75 Å². The predicted octanol–water partition coefficient (Wildman–Crippen LogP) is 4.44. The van der Waals surface area contributed by atoms with Crippen molar-refractivity contribution in [2.45, 2.75) is 6.42 Å². The molecule has 24 heavy (non-hydrogen) atoms. The highest BCUT2D eigenvalue weighted by Crippen LogP contribution is 2.25. The number of halogens is 2. The Labute approximate surface area is 155 Å². The molecule has 128 valence electrons. The van der Waals surface area contributed by atoms with Crippen molar-refractivity contribution in [1.29, 1.82) is 0 Å². The molecule has 0 heterocycles. The fourth-order valence-corrected chi connectivity index (χ4v) is 2.87. The van der Waals surface area contributed by atoms with E-state index in [4.69, 9.17) is 16.3 Å². The fourth-order valence-electron chi connectivity index (χ4n) is 2.15. The number of ether oxygens (including phenoxy) is 1. The average Bonchev–Trinajstić information content (AvgIpc) is 2.55. The molecule has 2 aromatic rings. The van der Waals surface area contributed by atoms with Gasteiger partial charge >= 0.3 is 0 Å². The maximum atomic E-state index is 12.1. The van der Waals surface area contributed by atoms with E-state index in [0.717, 1.165) is 23.2 Å². The topological polar surface area (TPSA) is 41.6 Å². The van der Waals surface area contributed by atoms with Gasteiger partial charge in [0.05, 0.1) is 23.9 Å². The van der Waals surface area contributed by atoms with Gasteiger partial charge in [0.2, 0.25) is 5.91 Å². The van der Waals surface area contributed by atoms with Crippen molar-refractivity contribution in [3.8, 4) is 5.75 Å². The van der Waals surface area contributed by atoms with Crippen LogP contribution in [0, 0.1) is 0 Å². The molecule has 0 atom stereocenters. The Kier molecular flexibility index (Phi) is 7.56. The minimum atomic E-state index is -0.0919. The van der Waals surface area contributed by atoms with Crippen LogP contribution in [0.2, 0.25) is 5.02 Å². The number of carbonyl (C=O) groups excluding carboxylic acids is 1. The first-order valence-electron chi connectivity index (χ1n) is 7.66. The second-order valence-electron chi connectivity index (χ2n) is 5.43. The zero-order valence-electron chi connectivity index (χ0n) is 13.5. The number of anilines is 1. The van der Waals surface area contributed by atoms with Crippen LogP contribution in [0.15, 0.2) is 53.0 Å². The Bertz CT molecular complexity index is 667. The molecule has 2 aromatic carbocycles. The van der Waals surface area contributed by atoms with Gasteiger partial charge in [-0.1, -0.05) is 45.7 Å². The summed E-state index contributed by atoms with van der Waals surface area (Å²) in [7, 11) is 1.91. The van der Waals surface area contributed by atoms with Gasteiger partial charge in [-0.25, -0.2) is 0 Å². The molecular weight excluding hydrogens is 392 g/mol. The van der Waals surface area contributed by atoms with Crippen molar-refractivity contribution < 1.29 is 9.53 Å². The van der Waals surface area contributed by atoms with Gasteiger partial charge in [-0.15, -0.1) is 0 Å². The van der Waals surface area contributed by atoms with Crippen molar-refractivity contribution in [3.05, 3.63) is 58.0 Å². The third-order valence-corrected chi connectivity index (χ3v) is 4.12. The van der Waals surface area contributed by atoms with Gasteiger partial charge in [0.1, 0.15) is 5.75 Å². The summed E-state index contributed by atoms with van der Waals surface area (Å²) in [4.78, 5) is 14.0. The smallest absolute Gasteiger partial charge is 0.238 e. The molecule has 0 aliphatic heterocycles. The van der Waals surface area contributed by atoms with Crippen molar-refractivity contribution in [2.75, 3.05) is 32.1 Å². The fraction of sp³-hybridized carbons (Fsp3) is 0.278. The van der Waals surface area contributed by atoms with Crippen LogP contribution in [0.3, 0.4) is 0 Å². The van der Waals surface area contributed by atoms with Gasteiger partial charge in [-0.3, -0.25) is 9.69 Å². The van der Waals surface area contributed by atoms with E-state index >= 15 is 0 Å². The second-order valence-corrected chi connectivity index (χ2v) is 6.75. The Hall–Kier alpha value is -1.56. The highest BCUT2D eigenvalue weighted by molar-refractivity contribution is 9.10. The molecule has 0 fully saturated rings. The van der Waals surface area contributed by atoms with Gasteiger partial charge in [0.15, 0.2) is 0 Å². The number of amides is 1. The zero-order chi connectivity index (χ0) is 17.4. The van der Waals surface area contributed by atoms with Gasteiger partial charge in [0, 0.05) is 11.0 Å². The summed E-state index contributed by atoms with van der Waals surface area (Å²) in [6, 6.07) is 15.1. The maximum Gasteiger partial charge on any atom is 0.238 e. The van der Waals surface area contributed by atoms with Crippen LogP contribution in [-0.2, 0) is 4.79 Å². The van der Waals surface area contributed by atoms with E-state index in [1.165, 1.54) is 0 Å². The van der Waals surface area contributed by atoms with Gasteiger partial charge in [0.25, 0.3) is 0 Å². The second kappa shape index (κ2) is 9.67. The van der Waals surface area contributed by atoms with E-state index < -0.39 is 0 Å². The van der Waals surface area contributed by atoms with Crippen LogP contribution in [-0.4, -0.2) is 37.6 Å². The molecule has 6 heteroatoms. The number of para-hydroxylation sites is 1. The molecule has 2 rings (SSSR count). The van der Waals surface area contributed by atoms with Crippen LogP contribution in [0.1, 0.15) is 6.42 Å². The minimum Gasteiger partial charge on any atom is -0.494 e. The van der Waals surface area contributed by atoms with Crippen LogP contribution < -0.4 is 10.1 Å². The molecule has 0 aliphatic rings. The third-order valence-electron chi connectivity index (χ3n) is 3.31. The van der Waals surface area contributed by atoms with Crippen LogP contribution in [0.25, 0.3) is 0 Å². The summed E-state index contributed by atoms with van der Waals surface area (Å²) in [6.07, 6.45) is 0.845. The van der Waals surface area contributed by atoms with E-state index in [9.17, 15) is 4.79 Å². The van der Waals surface area contributed by atoms with Crippen LogP contribution in [0.4, 0.5) is 5.69 Å². The van der Waals surface area contributed by atoms with Gasteiger partial charge < -0.3 is 10.1 Å². The summed E-state index contributed by atoms with van der Waals surface area (Å²) in [5.74, 6) is 0.772. The number of hydrogen-bond donors (Lipinski definition) is 1. The van der Waals surface area contributed by atoms with E-state index in [0.29, 0.717) is 23.9 Å². The summed E-state index contributed by atoms with van der Waals surface area (Å²) < 4.78 is 6.51. The molecule has 0 aromatic heterocycles. The minimum absolute atomic E-state index is 0.0919. The first-order chi connectivity index (χ1) is 11.5. The lowest BCUT2D eigenvalue weighted by Gasteiger charge is -2.16. The molecule has 0 bridgehead atoms. The Balaban J connectivity index is 1.68. The molecule has 0 radical (unpaired) electrons. The van der Waals surface area contributed by atoms with Gasteiger partial charge in [-0.05, 0) is 43.8 Å². The molecule has 0 saturated heterocycles. The number of nitrogens with one attached hydrogen (secondary N) is 1. The molecular formula is C18H20BrClN2O2. The SMILES string of the molecule is CN(CCCOc1ccccc1)CC(=O)Nc1ccc(Br)cc1Cl. The number of likely N-dealkylation sites (N-methyl/N-ethyl adjacent to an activating group) is 1. The quantitative estimate of drug-likeness (QED) is 0.653. The van der Waals surface area contributed by atoms with E-state index in [2.05, 4.69) is 21.2 Å². The number of carbonyl (C=O) groups is 1. The summed E-state index contributed by atoms with van der Waals surface area (Å²) in [5.41, 5.74) is 0.616. The van der Waals surface area contributed by atoms with Crippen LogP contribution >= 0.6 is 27.5 Å². The summed E-state index contributed by atoms with van der Waals surface area (Å²) >= 11 is 9.43. The van der Waals surface area contributed by atoms with Crippen molar-refractivity contribution in [1.82, 2.24) is 4.90 Å². The Morgan fingerprint density at radius 2 is 2.00 bits per heavy atom. The van der Waals surface area contributed by atoms with E-state index in [-0.39, 0.29) is 5.91 Å². The lowest BCUT2D eigenvalue weighted by Crippen LogP contribution is -2.31. The first-order valence-corrected chi connectivity index (χ1v) is 8.83. The van der Waals surface area contributed by atoms with Crippen molar-refractivity contribution in [2.24, 2.45) is 0 Å². The number of hydrogen-bond acceptors (Lipinski definition) is 3. The molecule has 0 unspecified atom stereocenters. The first kappa shape index (κ1) is 18.8. The van der Waals surface area contributed by atoms with Crippen molar-refractivity contribution >= 4 is 39.1 Å². The standard InChI is InChI=1S/C18H20BrClN2O2/c1-22(10-5-11-24-15-6-3-2-4-7-15)13-18(23)21-17-9-8-14(19)12-16(17)20/h2-4,6-9,12H,5,10-11,13H2,1H3,(H,21,23).